The van der Waals surface area contributed by atoms with Crippen LogP contribution < -0.4 is 5.32 Å². The van der Waals surface area contributed by atoms with Crippen molar-refractivity contribution in [2.45, 2.75) is 38.1 Å². The average Bonchev–Trinajstić information content (AvgIpc) is 3.33. The summed E-state index contributed by atoms with van der Waals surface area (Å²) in [5, 5.41) is 4.77. The first-order chi connectivity index (χ1) is 13.2. The molecule has 0 saturated heterocycles. The molecule has 0 unspecified atom stereocenters. The summed E-state index contributed by atoms with van der Waals surface area (Å²) < 4.78 is 0. The molecule has 2 N–H and O–H groups in total. The van der Waals surface area contributed by atoms with Crippen LogP contribution in [0.2, 0.25) is 5.02 Å². The van der Waals surface area contributed by atoms with Crippen LogP contribution in [0.4, 0.5) is 5.69 Å². The lowest BCUT2D eigenvalue weighted by atomic mass is 10.2. The lowest BCUT2D eigenvalue weighted by Gasteiger charge is -2.31. The molecule has 1 heterocycles. The van der Waals surface area contributed by atoms with Gasteiger partial charge in [-0.25, -0.2) is 4.98 Å². The maximum atomic E-state index is 6.30. The fourth-order valence-electron chi connectivity index (χ4n) is 3.77. The van der Waals surface area contributed by atoms with Crippen LogP contribution in [-0.2, 0) is 6.42 Å². The van der Waals surface area contributed by atoms with Gasteiger partial charge in [-0.1, -0.05) is 48.7 Å². The molecule has 3 aromatic rings. The Morgan fingerprint density at radius 3 is 2.67 bits per heavy atom. The van der Waals surface area contributed by atoms with Crippen molar-refractivity contribution in [3.8, 4) is 0 Å². The molecule has 140 valence electrons. The molecule has 2 aromatic carbocycles. The molecule has 0 aliphatic heterocycles. The van der Waals surface area contributed by atoms with Crippen molar-refractivity contribution in [1.29, 1.82) is 0 Å². The van der Waals surface area contributed by atoms with Crippen LogP contribution in [0, 0.1) is 0 Å². The van der Waals surface area contributed by atoms with Gasteiger partial charge in [0, 0.05) is 19.0 Å². The summed E-state index contributed by atoms with van der Waals surface area (Å²) in [5.41, 5.74) is 2.95. The van der Waals surface area contributed by atoms with E-state index >= 15 is 0 Å². The highest BCUT2D eigenvalue weighted by atomic mass is 35.5. The number of benzene rings is 2. The van der Waals surface area contributed by atoms with E-state index in [1.807, 2.05) is 42.5 Å². The molecule has 1 aliphatic carbocycles. The first-order valence-electron chi connectivity index (χ1n) is 9.46. The Bertz CT molecular complexity index is 900. The van der Waals surface area contributed by atoms with Crippen molar-refractivity contribution in [2.24, 2.45) is 0 Å². The number of halogens is 1. The average molecular weight is 399 g/mol. The van der Waals surface area contributed by atoms with Crippen molar-refractivity contribution in [2.75, 3.05) is 11.9 Å². The number of anilines is 1. The van der Waals surface area contributed by atoms with Crippen LogP contribution in [0.1, 0.15) is 31.5 Å². The van der Waals surface area contributed by atoms with E-state index in [1.165, 1.54) is 25.7 Å². The van der Waals surface area contributed by atoms with Gasteiger partial charge in [-0.15, -0.1) is 0 Å². The number of aromatic amines is 1. The molecule has 1 aromatic heterocycles. The predicted octanol–water partition coefficient (Wildman–Crippen LogP) is 5.40. The van der Waals surface area contributed by atoms with Crippen molar-refractivity contribution in [3.05, 3.63) is 59.4 Å². The minimum atomic E-state index is 0.483. The van der Waals surface area contributed by atoms with Gasteiger partial charge in [0.1, 0.15) is 5.82 Å². The Labute approximate surface area is 169 Å². The summed E-state index contributed by atoms with van der Waals surface area (Å²) in [6.07, 6.45) is 5.73. The topological polar surface area (TPSA) is 44.0 Å². The van der Waals surface area contributed by atoms with Gasteiger partial charge in [-0.05, 0) is 49.3 Å². The second-order valence-electron chi connectivity index (χ2n) is 6.99. The molecule has 27 heavy (non-hydrogen) atoms. The number of hydrogen-bond acceptors (Lipinski definition) is 2. The number of hydrogen-bond donors (Lipinski definition) is 2. The second-order valence-corrected chi connectivity index (χ2v) is 7.79. The zero-order valence-corrected chi connectivity index (χ0v) is 16.7. The Morgan fingerprint density at radius 2 is 1.89 bits per heavy atom. The van der Waals surface area contributed by atoms with E-state index in [-0.39, 0.29) is 0 Å². The number of nitrogens with one attached hydrogen (secondary N) is 2. The smallest absolute Gasteiger partial charge is 0.173 e. The van der Waals surface area contributed by atoms with Crippen molar-refractivity contribution in [3.63, 3.8) is 0 Å². The Hall–Kier alpha value is -2.11. The SMILES string of the molecule is S=C(Nc1ccccc1Cl)N(CCc1nc2ccccc2[nH]1)C1CCCC1. The van der Waals surface area contributed by atoms with Crippen molar-refractivity contribution < 1.29 is 0 Å². The minimum absolute atomic E-state index is 0.483. The molecule has 0 amide bonds. The summed E-state index contributed by atoms with van der Waals surface area (Å²) in [5.74, 6) is 1.000. The number of fused-ring (bicyclic) bond motifs is 1. The molecule has 4 nitrogen and oxygen atoms in total. The third kappa shape index (κ3) is 4.25. The molecule has 4 rings (SSSR count). The molecule has 0 spiro atoms. The molecule has 0 radical (unpaired) electrons. The third-order valence-electron chi connectivity index (χ3n) is 5.17. The first kappa shape index (κ1) is 18.3. The van der Waals surface area contributed by atoms with Crippen LogP contribution in [0.15, 0.2) is 48.5 Å². The quantitative estimate of drug-likeness (QED) is 0.564. The van der Waals surface area contributed by atoms with Gasteiger partial charge in [-0.3, -0.25) is 0 Å². The fourth-order valence-corrected chi connectivity index (χ4v) is 4.30. The highest BCUT2D eigenvalue weighted by Crippen LogP contribution is 2.26. The number of para-hydroxylation sites is 3. The number of imidazole rings is 1. The normalized spacial score (nSPS) is 14.6. The van der Waals surface area contributed by atoms with Crippen LogP contribution in [0.3, 0.4) is 0 Å². The van der Waals surface area contributed by atoms with Gasteiger partial charge in [0.15, 0.2) is 5.11 Å². The summed E-state index contributed by atoms with van der Waals surface area (Å²) in [6.45, 7) is 0.834. The zero-order valence-electron chi connectivity index (χ0n) is 15.1. The Kier molecular flexibility index (Phi) is 5.60. The fraction of sp³-hybridized carbons (Fsp3) is 0.333. The standard InChI is InChI=1S/C21H23ClN4S/c22-16-9-3-4-10-17(16)25-21(27)26(15-7-1-2-8-15)14-13-20-23-18-11-5-6-12-19(18)24-20/h3-6,9-12,15H,1-2,7-8,13-14H2,(H,23,24)(H,25,27). The molecule has 1 saturated carbocycles. The monoisotopic (exact) mass is 398 g/mol. The highest BCUT2D eigenvalue weighted by molar-refractivity contribution is 7.80. The minimum Gasteiger partial charge on any atom is -0.346 e. The Morgan fingerprint density at radius 1 is 1.15 bits per heavy atom. The van der Waals surface area contributed by atoms with Gasteiger partial charge in [0.25, 0.3) is 0 Å². The third-order valence-corrected chi connectivity index (χ3v) is 5.84. The molecule has 0 atom stereocenters. The molecule has 6 heteroatoms. The molecule has 1 fully saturated rings. The Balaban J connectivity index is 1.48. The summed E-state index contributed by atoms with van der Waals surface area (Å²) in [4.78, 5) is 10.4. The number of thiocarbonyl (C=S) groups is 1. The maximum absolute atomic E-state index is 6.30. The predicted molar refractivity (Wildman–Crippen MR) is 116 cm³/mol. The first-order valence-corrected chi connectivity index (χ1v) is 10.2. The van der Waals surface area contributed by atoms with Gasteiger partial charge in [0.2, 0.25) is 0 Å². The van der Waals surface area contributed by atoms with E-state index in [0.717, 1.165) is 40.6 Å². The largest absolute Gasteiger partial charge is 0.346 e. The number of aromatic nitrogens is 2. The summed E-state index contributed by atoms with van der Waals surface area (Å²) in [6, 6.07) is 16.3. The molecule has 1 aliphatic rings. The lowest BCUT2D eigenvalue weighted by molar-refractivity contribution is 0.320. The van der Waals surface area contributed by atoms with Gasteiger partial charge in [0.05, 0.1) is 21.7 Å². The highest BCUT2D eigenvalue weighted by Gasteiger charge is 2.25. The van der Waals surface area contributed by atoms with Gasteiger partial charge < -0.3 is 15.2 Å². The van der Waals surface area contributed by atoms with Crippen LogP contribution in [0.25, 0.3) is 11.0 Å². The van der Waals surface area contributed by atoms with Gasteiger partial charge in [-0.2, -0.15) is 0 Å². The van der Waals surface area contributed by atoms with E-state index in [2.05, 4.69) is 21.3 Å². The summed E-state index contributed by atoms with van der Waals surface area (Å²) in [7, 11) is 0. The van der Waals surface area contributed by atoms with Gasteiger partial charge >= 0.3 is 0 Å². The van der Waals surface area contributed by atoms with E-state index in [9.17, 15) is 0 Å². The van der Waals surface area contributed by atoms with Crippen LogP contribution >= 0.6 is 23.8 Å². The zero-order chi connectivity index (χ0) is 18.6. The summed E-state index contributed by atoms with van der Waals surface area (Å²) >= 11 is 12.1. The van der Waals surface area contributed by atoms with Crippen molar-refractivity contribution in [1.82, 2.24) is 14.9 Å². The van der Waals surface area contributed by atoms with E-state index in [4.69, 9.17) is 28.8 Å². The lowest BCUT2D eigenvalue weighted by Crippen LogP contribution is -2.42. The molecule has 0 bridgehead atoms. The number of H-pyrrole nitrogens is 1. The number of rotatable bonds is 5. The maximum Gasteiger partial charge on any atom is 0.173 e. The number of nitrogens with zero attached hydrogens (tertiary/aromatic N) is 2. The van der Waals surface area contributed by atoms with Crippen molar-refractivity contribution >= 4 is 45.7 Å². The molecular weight excluding hydrogens is 376 g/mol. The van der Waals surface area contributed by atoms with E-state index in [0.29, 0.717) is 11.1 Å². The van der Waals surface area contributed by atoms with E-state index < -0.39 is 0 Å². The molecular formula is C21H23ClN4S. The second kappa shape index (κ2) is 8.28. The van der Waals surface area contributed by atoms with Crippen LogP contribution in [0.5, 0.6) is 0 Å². The van der Waals surface area contributed by atoms with Crippen LogP contribution in [-0.4, -0.2) is 32.6 Å². The van der Waals surface area contributed by atoms with E-state index in [1.54, 1.807) is 0 Å².